The quantitative estimate of drug-likeness (QED) is 0.811. The van der Waals surface area contributed by atoms with Gasteiger partial charge in [-0.15, -0.1) is 0 Å². The number of nitrogens with zero attached hydrogens (tertiary/aromatic N) is 2. The van der Waals surface area contributed by atoms with Crippen molar-refractivity contribution in [2.45, 2.75) is 19.8 Å². The van der Waals surface area contributed by atoms with E-state index in [1.165, 1.54) is 12.8 Å². The highest BCUT2D eigenvalue weighted by Crippen LogP contribution is 2.28. The topological polar surface area (TPSA) is 65.1 Å². The Morgan fingerprint density at radius 2 is 2.37 bits per heavy atom. The molecule has 1 aromatic carbocycles. The van der Waals surface area contributed by atoms with Gasteiger partial charge in [-0.2, -0.15) is 5.26 Å². The van der Waals surface area contributed by atoms with Crippen LogP contribution in [0, 0.1) is 17.2 Å². The zero-order valence-corrected chi connectivity index (χ0v) is 11.8. The Bertz CT molecular complexity index is 521. The minimum atomic E-state index is 0.211. The zero-order valence-electron chi connectivity index (χ0n) is 11.0. The summed E-state index contributed by atoms with van der Waals surface area (Å²) in [5, 5.41) is 12.4. The molecule has 0 bridgehead atoms. The first kappa shape index (κ1) is 13.6. The fourth-order valence-electron chi connectivity index (χ4n) is 2.53. The van der Waals surface area contributed by atoms with Gasteiger partial charge in [-0.1, -0.05) is 6.92 Å². The third-order valence-electron chi connectivity index (χ3n) is 3.38. The van der Waals surface area contributed by atoms with E-state index < -0.39 is 0 Å². The number of nitrogens with two attached hydrogens (primary N) is 1. The van der Waals surface area contributed by atoms with Crippen LogP contribution in [0.2, 0.25) is 0 Å². The number of hydrogen-bond acceptors (Lipinski definition) is 3. The van der Waals surface area contributed by atoms with E-state index in [0.29, 0.717) is 11.5 Å². The van der Waals surface area contributed by atoms with Gasteiger partial charge in [-0.25, -0.2) is 0 Å². The first-order chi connectivity index (χ1) is 9.10. The lowest BCUT2D eigenvalue weighted by molar-refractivity contribution is 0.446. The number of piperidine rings is 1. The molecule has 0 aromatic heterocycles. The van der Waals surface area contributed by atoms with Gasteiger partial charge in [-0.3, -0.25) is 0 Å². The molecule has 5 heteroatoms. The molecule has 1 fully saturated rings. The molecule has 3 N–H and O–H groups in total. The molecule has 4 nitrogen and oxygen atoms in total. The molecular formula is C14H18N4S. The average molecular weight is 274 g/mol. The highest BCUT2D eigenvalue weighted by atomic mass is 32.1. The number of nitriles is 1. The second kappa shape index (κ2) is 5.89. The van der Waals surface area contributed by atoms with E-state index in [9.17, 15) is 5.26 Å². The largest absolute Gasteiger partial charge is 0.376 e. The van der Waals surface area contributed by atoms with Gasteiger partial charge >= 0.3 is 0 Å². The maximum Gasteiger partial charge on any atom is 0.168 e. The van der Waals surface area contributed by atoms with Crippen molar-refractivity contribution in [2.75, 3.05) is 23.3 Å². The van der Waals surface area contributed by atoms with Crippen LogP contribution >= 0.6 is 12.2 Å². The lowest BCUT2D eigenvalue weighted by atomic mass is 9.99. The number of nitrogens with one attached hydrogen (secondary N) is 1. The van der Waals surface area contributed by atoms with Crippen LogP contribution in [0.5, 0.6) is 0 Å². The Morgan fingerprint density at radius 3 is 3.00 bits per heavy atom. The van der Waals surface area contributed by atoms with Crippen molar-refractivity contribution >= 4 is 28.7 Å². The minimum Gasteiger partial charge on any atom is -0.376 e. The monoisotopic (exact) mass is 274 g/mol. The van der Waals surface area contributed by atoms with E-state index in [1.54, 1.807) is 6.07 Å². The van der Waals surface area contributed by atoms with E-state index in [4.69, 9.17) is 18.0 Å². The fourth-order valence-corrected chi connectivity index (χ4v) is 2.65. The van der Waals surface area contributed by atoms with Crippen LogP contribution in [0.4, 0.5) is 11.4 Å². The molecule has 0 radical (unpaired) electrons. The van der Waals surface area contributed by atoms with E-state index >= 15 is 0 Å². The second-order valence-corrected chi connectivity index (χ2v) is 5.47. The van der Waals surface area contributed by atoms with Crippen LogP contribution in [0.1, 0.15) is 25.3 Å². The van der Waals surface area contributed by atoms with Gasteiger partial charge in [0.1, 0.15) is 6.07 Å². The lowest BCUT2D eigenvalue weighted by Crippen LogP contribution is -2.34. The molecule has 19 heavy (non-hydrogen) atoms. The van der Waals surface area contributed by atoms with Crippen molar-refractivity contribution in [1.29, 1.82) is 5.26 Å². The van der Waals surface area contributed by atoms with E-state index in [0.717, 1.165) is 24.5 Å². The second-order valence-electron chi connectivity index (χ2n) is 5.03. The van der Waals surface area contributed by atoms with E-state index in [-0.39, 0.29) is 5.11 Å². The average Bonchev–Trinajstić information content (AvgIpc) is 2.37. The molecule has 1 aromatic rings. The molecule has 0 amide bonds. The molecule has 0 aliphatic carbocycles. The van der Waals surface area contributed by atoms with Gasteiger partial charge < -0.3 is 16.0 Å². The van der Waals surface area contributed by atoms with Crippen molar-refractivity contribution in [2.24, 2.45) is 11.7 Å². The molecule has 1 aliphatic rings. The summed E-state index contributed by atoms with van der Waals surface area (Å²) in [5.74, 6) is 0.676. The highest BCUT2D eigenvalue weighted by Gasteiger charge is 2.19. The van der Waals surface area contributed by atoms with Crippen molar-refractivity contribution in [3.8, 4) is 6.07 Å². The molecule has 2 rings (SSSR count). The van der Waals surface area contributed by atoms with Crippen LogP contribution < -0.4 is 16.0 Å². The Hall–Kier alpha value is -1.80. The van der Waals surface area contributed by atoms with Crippen molar-refractivity contribution < 1.29 is 0 Å². The summed E-state index contributed by atoms with van der Waals surface area (Å²) in [6.45, 7) is 4.28. The highest BCUT2D eigenvalue weighted by molar-refractivity contribution is 7.80. The summed E-state index contributed by atoms with van der Waals surface area (Å²) >= 11 is 4.80. The SMILES string of the molecule is CC1CCCN(c2ccc(NC(N)=S)cc2C#N)C1. The van der Waals surface area contributed by atoms with Crippen molar-refractivity contribution in [3.63, 3.8) is 0 Å². The summed E-state index contributed by atoms with van der Waals surface area (Å²) in [4.78, 5) is 2.29. The number of hydrogen-bond donors (Lipinski definition) is 2. The Kier molecular flexibility index (Phi) is 4.23. The number of thiocarbonyl (C=S) groups is 1. The summed E-state index contributed by atoms with van der Waals surface area (Å²) in [7, 11) is 0. The van der Waals surface area contributed by atoms with E-state index in [2.05, 4.69) is 23.2 Å². The molecule has 100 valence electrons. The predicted molar refractivity (Wildman–Crippen MR) is 82.2 cm³/mol. The third-order valence-corrected chi connectivity index (χ3v) is 3.48. The molecule has 1 aliphatic heterocycles. The lowest BCUT2D eigenvalue weighted by Gasteiger charge is -2.33. The van der Waals surface area contributed by atoms with Gasteiger partial charge in [0.25, 0.3) is 0 Å². The molecule has 1 heterocycles. The number of rotatable bonds is 2. The van der Waals surface area contributed by atoms with Gasteiger partial charge in [0.15, 0.2) is 5.11 Å². The minimum absolute atomic E-state index is 0.211. The molecular weight excluding hydrogens is 256 g/mol. The number of anilines is 2. The van der Waals surface area contributed by atoms with E-state index in [1.807, 2.05) is 12.1 Å². The van der Waals surface area contributed by atoms with Gasteiger partial charge in [0.2, 0.25) is 0 Å². The normalized spacial score (nSPS) is 18.7. The summed E-state index contributed by atoms with van der Waals surface area (Å²) in [6, 6.07) is 7.94. The molecule has 1 saturated heterocycles. The first-order valence-corrected chi connectivity index (χ1v) is 6.86. The number of benzene rings is 1. The van der Waals surface area contributed by atoms with Crippen molar-refractivity contribution in [1.82, 2.24) is 0 Å². The van der Waals surface area contributed by atoms with Gasteiger partial charge in [0, 0.05) is 18.8 Å². The van der Waals surface area contributed by atoms with Crippen LogP contribution in [0.3, 0.4) is 0 Å². The summed E-state index contributed by atoms with van der Waals surface area (Å²) in [6.07, 6.45) is 2.44. The van der Waals surface area contributed by atoms with Crippen LogP contribution in [0.15, 0.2) is 18.2 Å². The smallest absolute Gasteiger partial charge is 0.168 e. The van der Waals surface area contributed by atoms with Crippen molar-refractivity contribution in [3.05, 3.63) is 23.8 Å². The summed E-state index contributed by atoms with van der Waals surface area (Å²) in [5.41, 5.74) is 7.87. The van der Waals surface area contributed by atoms with Crippen LogP contribution in [-0.4, -0.2) is 18.2 Å². The maximum absolute atomic E-state index is 9.31. The molecule has 0 saturated carbocycles. The Morgan fingerprint density at radius 1 is 1.58 bits per heavy atom. The fraction of sp³-hybridized carbons (Fsp3) is 0.429. The molecule has 1 unspecified atom stereocenters. The first-order valence-electron chi connectivity index (χ1n) is 6.45. The molecule has 1 atom stereocenters. The maximum atomic E-state index is 9.31. The van der Waals surface area contributed by atoms with Gasteiger partial charge in [-0.05, 0) is 49.2 Å². The standard InChI is InChI=1S/C14H18N4S/c1-10-3-2-6-18(9-10)13-5-4-12(17-14(16)19)7-11(13)8-15/h4-5,7,10H,2-3,6,9H2,1H3,(H3,16,17,19). The summed E-state index contributed by atoms with van der Waals surface area (Å²) < 4.78 is 0. The van der Waals surface area contributed by atoms with Crippen LogP contribution in [-0.2, 0) is 0 Å². The molecule has 0 spiro atoms. The Balaban J connectivity index is 2.25. The zero-order chi connectivity index (χ0) is 13.8. The predicted octanol–water partition coefficient (Wildman–Crippen LogP) is 2.45. The van der Waals surface area contributed by atoms with Gasteiger partial charge in [0.05, 0.1) is 11.3 Å². The Labute approximate surface area is 119 Å². The van der Waals surface area contributed by atoms with Crippen LogP contribution in [0.25, 0.3) is 0 Å². The third kappa shape index (κ3) is 3.36.